The highest BCUT2D eigenvalue weighted by Gasteiger charge is 2.28. The number of hydrogen-bond donors (Lipinski definition) is 10. The summed E-state index contributed by atoms with van der Waals surface area (Å²) in [5.41, 5.74) is 17.5. The number of nitrogens with two attached hydrogens (primary N) is 3. The second-order valence-electron chi connectivity index (χ2n) is 8.33. The van der Waals surface area contributed by atoms with Crippen molar-refractivity contribution in [2.75, 3.05) is 13.7 Å². The Kier molecular flexibility index (Phi) is 14.0. The lowest BCUT2D eigenvalue weighted by Gasteiger charge is -2.32. The smallest absolute Gasteiger partial charge is 0.202 e. The first kappa shape index (κ1) is 29.7. The van der Waals surface area contributed by atoms with E-state index in [1.165, 1.54) is 13.1 Å². The third-order valence-corrected chi connectivity index (χ3v) is 5.51. The van der Waals surface area contributed by atoms with Crippen LogP contribution in [-0.2, 0) is 9.47 Å². The molecule has 0 amide bonds. The molecule has 0 aromatic rings. The predicted octanol–water partition coefficient (Wildman–Crippen LogP) is -2.03. The zero-order chi connectivity index (χ0) is 25.0. The largest absolute Gasteiger partial charge is 0.510 e. The van der Waals surface area contributed by atoms with Crippen LogP contribution in [0.25, 0.3) is 0 Å². The Balaban J connectivity index is 2.50. The molecule has 0 spiro atoms. The topological polar surface area (TPSA) is 230 Å². The number of ether oxygens (including phenoxy) is 2. The van der Waals surface area contributed by atoms with Gasteiger partial charge in [-0.2, -0.15) is 0 Å². The standard InChI is InChI=1S/C21H42N4O8/c1-25-19(21(31)33-20(30)16(28)11-13(23)8-9-26)15(27)4-2-3-5-18(29)32-17-7-6-12(22)10-14(17)24/h3,5,12-14,16-18,20-21,25-31H,2,4,6-11,22-24H2,1H3/b5-3-,19-15+/t12-,13+,14?,16?,17-,18+,20+,21?/m0/s1. The highest BCUT2D eigenvalue weighted by molar-refractivity contribution is 5.09. The van der Waals surface area contributed by atoms with Crippen LogP contribution in [0.3, 0.4) is 0 Å². The van der Waals surface area contributed by atoms with E-state index < -0.39 is 31.0 Å². The fourth-order valence-electron chi connectivity index (χ4n) is 3.58. The molecule has 1 fully saturated rings. The number of hydrogen-bond acceptors (Lipinski definition) is 12. The molecule has 0 radical (unpaired) electrons. The van der Waals surface area contributed by atoms with E-state index in [1.54, 1.807) is 6.08 Å². The molecule has 194 valence electrons. The molecule has 0 aromatic carbocycles. The van der Waals surface area contributed by atoms with E-state index in [1.807, 2.05) is 0 Å². The third kappa shape index (κ3) is 11.1. The summed E-state index contributed by atoms with van der Waals surface area (Å²) in [7, 11) is 1.45. The minimum atomic E-state index is -1.76. The SMILES string of the molecule is CN/C(=C(/O)CC/C=C\[C@H](O)O[C@H]1CC[C@H](N)CC1N)C(O)O[C@@H](O)C(O)C[C@H](N)CCO. The minimum Gasteiger partial charge on any atom is -0.510 e. The Morgan fingerprint density at radius 1 is 1.18 bits per heavy atom. The van der Waals surface area contributed by atoms with Gasteiger partial charge < -0.3 is 62.6 Å². The summed E-state index contributed by atoms with van der Waals surface area (Å²) in [6, 6.07) is -0.732. The van der Waals surface area contributed by atoms with Gasteiger partial charge in [0.1, 0.15) is 17.6 Å². The van der Waals surface area contributed by atoms with Crippen molar-refractivity contribution in [3.63, 3.8) is 0 Å². The van der Waals surface area contributed by atoms with Gasteiger partial charge in [0, 0.05) is 38.2 Å². The summed E-state index contributed by atoms with van der Waals surface area (Å²) >= 11 is 0. The zero-order valence-corrected chi connectivity index (χ0v) is 19.2. The van der Waals surface area contributed by atoms with Crippen molar-refractivity contribution in [2.45, 2.75) is 94.1 Å². The number of rotatable bonds is 15. The van der Waals surface area contributed by atoms with Crippen molar-refractivity contribution in [3.05, 3.63) is 23.6 Å². The molecule has 8 atom stereocenters. The summed E-state index contributed by atoms with van der Waals surface area (Å²) in [6.45, 7) is -0.158. The first-order chi connectivity index (χ1) is 15.6. The van der Waals surface area contributed by atoms with Crippen molar-refractivity contribution in [2.24, 2.45) is 17.2 Å². The Labute approximate surface area is 194 Å². The molecule has 33 heavy (non-hydrogen) atoms. The second-order valence-corrected chi connectivity index (χ2v) is 8.33. The van der Waals surface area contributed by atoms with Crippen LogP contribution >= 0.6 is 0 Å². The maximum atomic E-state index is 10.3. The van der Waals surface area contributed by atoms with Gasteiger partial charge in [0.15, 0.2) is 12.6 Å². The van der Waals surface area contributed by atoms with Crippen LogP contribution in [-0.4, -0.2) is 93.5 Å². The van der Waals surface area contributed by atoms with Gasteiger partial charge in [-0.25, -0.2) is 0 Å². The highest BCUT2D eigenvalue weighted by atomic mass is 16.7. The van der Waals surface area contributed by atoms with Gasteiger partial charge >= 0.3 is 0 Å². The van der Waals surface area contributed by atoms with E-state index in [9.17, 15) is 25.5 Å². The molecular weight excluding hydrogens is 436 g/mol. The molecule has 1 rings (SSSR count). The number of aliphatic hydroxyl groups excluding tert-OH is 6. The highest BCUT2D eigenvalue weighted by Crippen LogP contribution is 2.20. The molecular formula is C21H42N4O8. The molecule has 0 bridgehead atoms. The van der Waals surface area contributed by atoms with E-state index in [0.29, 0.717) is 19.3 Å². The lowest BCUT2D eigenvalue weighted by molar-refractivity contribution is -0.231. The van der Waals surface area contributed by atoms with Gasteiger partial charge in [-0.3, -0.25) is 0 Å². The molecule has 1 aliphatic carbocycles. The van der Waals surface area contributed by atoms with Crippen LogP contribution in [0.4, 0.5) is 0 Å². The van der Waals surface area contributed by atoms with Crippen LogP contribution in [0.5, 0.6) is 0 Å². The Morgan fingerprint density at radius 2 is 1.88 bits per heavy atom. The first-order valence-electron chi connectivity index (χ1n) is 11.3. The zero-order valence-electron chi connectivity index (χ0n) is 19.2. The third-order valence-electron chi connectivity index (χ3n) is 5.51. The van der Waals surface area contributed by atoms with E-state index in [4.69, 9.17) is 31.8 Å². The molecule has 1 saturated carbocycles. The molecule has 3 unspecified atom stereocenters. The van der Waals surface area contributed by atoms with Gasteiger partial charge in [0.25, 0.3) is 0 Å². The molecule has 0 heterocycles. The van der Waals surface area contributed by atoms with Crippen molar-refractivity contribution in [1.82, 2.24) is 5.32 Å². The quantitative estimate of drug-likeness (QED) is 0.0697. The van der Waals surface area contributed by atoms with Gasteiger partial charge in [-0.1, -0.05) is 6.08 Å². The summed E-state index contributed by atoms with van der Waals surface area (Å²) in [5.74, 6) is -0.230. The molecule has 13 N–H and O–H groups in total. The fraction of sp³-hybridized carbons (Fsp3) is 0.810. The number of allylic oxidation sites excluding steroid dienone is 2. The monoisotopic (exact) mass is 478 g/mol. The van der Waals surface area contributed by atoms with Crippen LogP contribution < -0.4 is 22.5 Å². The van der Waals surface area contributed by atoms with Crippen molar-refractivity contribution >= 4 is 0 Å². The van der Waals surface area contributed by atoms with Crippen molar-refractivity contribution in [3.8, 4) is 0 Å². The molecule has 0 aliphatic heterocycles. The Morgan fingerprint density at radius 3 is 2.48 bits per heavy atom. The predicted molar refractivity (Wildman–Crippen MR) is 121 cm³/mol. The second kappa shape index (κ2) is 15.6. The molecule has 0 aromatic heterocycles. The first-order valence-corrected chi connectivity index (χ1v) is 11.3. The van der Waals surface area contributed by atoms with Gasteiger partial charge in [-0.15, -0.1) is 0 Å². The van der Waals surface area contributed by atoms with Crippen LogP contribution in [0.15, 0.2) is 23.6 Å². The summed E-state index contributed by atoms with van der Waals surface area (Å²) in [6.07, 6.45) is -0.551. The Hall–Kier alpha value is -1.32. The maximum Gasteiger partial charge on any atom is 0.202 e. The summed E-state index contributed by atoms with van der Waals surface area (Å²) in [4.78, 5) is 0. The number of likely N-dealkylation sites (N-methyl/N-ethyl adjacent to an activating group) is 1. The van der Waals surface area contributed by atoms with E-state index in [2.05, 4.69) is 5.32 Å². The summed E-state index contributed by atoms with van der Waals surface area (Å²) in [5, 5.41) is 61.7. The maximum absolute atomic E-state index is 10.3. The van der Waals surface area contributed by atoms with E-state index in [-0.39, 0.29) is 55.5 Å². The molecule has 12 heteroatoms. The van der Waals surface area contributed by atoms with E-state index >= 15 is 0 Å². The number of aliphatic hydroxyl groups is 6. The fourth-order valence-corrected chi connectivity index (χ4v) is 3.58. The average Bonchev–Trinajstić information content (AvgIpc) is 2.73. The molecule has 0 saturated heterocycles. The van der Waals surface area contributed by atoms with Gasteiger partial charge in [-0.05, 0) is 44.6 Å². The minimum absolute atomic E-state index is 0.0488. The summed E-state index contributed by atoms with van der Waals surface area (Å²) < 4.78 is 10.5. The molecule has 1 aliphatic rings. The van der Waals surface area contributed by atoms with E-state index in [0.717, 1.165) is 6.42 Å². The molecule has 12 nitrogen and oxygen atoms in total. The lowest BCUT2D eigenvalue weighted by Crippen LogP contribution is -2.47. The average molecular weight is 479 g/mol. The number of nitrogens with one attached hydrogen (secondary N) is 1. The van der Waals surface area contributed by atoms with Crippen molar-refractivity contribution in [1.29, 1.82) is 0 Å². The van der Waals surface area contributed by atoms with Crippen molar-refractivity contribution < 1.29 is 40.1 Å². The van der Waals surface area contributed by atoms with Gasteiger partial charge in [0.05, 0.1) is 6.10 Å². The van der Waals surface area contributed by atoms with Crippen LogP contribution in [0, 0.1) is 0 Å². The van der Waals surface area contributed by atoms with Gasteiger partial charge in [0.2, 0.25) is 6.29 Å². The van der Waals surface area contributed by atoms with Crippen LogP contribution in [0.2, 0.25) is 0 Å². The van der Waals surface area contributed by atoms with Crippen LogP contribution in [0.1, 0.15) is 44.9 Å². The Bertz CT molecular complexity index is 609. The normalized spacial score (nSPS) is 27.0. The lowest BCUT2D eigenvalue weighted by atomic mass is 9.89.